The lowest BCUT2D eigenvalue weighted by Crippen LogP contribution is -2.23. The van der Waals surface area contributed by atoms with Crippen LogP contribution in [0, 0.1) is 20.8 Å². The summed E-state index contributed by atoms with van der Waals surface area (Å²) in [4.78, 5) is 0. The highest BCUT2D eigenvalue weighted by Gasteiger charge is 2.23. The summed E-state index contributed by atoms with van der Waals surface area (Å²) < 4.78 is 11.3. The SMILES string of the molecule is CCNC(c1ccc(C)c(C)c1OC)c1occc1C. The van der Waals surface area contributed by atoms with Crippen molar-refractivity contribution in [1.29, 1.82) is 0 Å². The summed E-state index contributed by atoms with van der Waals surface area (Å²) in [7, 11) is 1.73. The molecule has 20 heavy (non-hydrogen) atoms. The number of hydrogen-bond donors (Lipinski definition) is 1. The molecule has 0 aliphatic carbocycles. The summed E-state index contributed by atoms with van der Waals surface area (Å²) in [6, 6.07) is 6.27. The molecule has 0 bridgehead atoms. The lowest BCUT2D eigenvalue weighted by molar-refractivity contribution is 0.390. The van der Waals surface area contributed by atoms with Gasteiger partial charge in [0.1, 0.15) is 11.5 Å². The van der Waals surface area contributed by atoms with Crippen molar-refractivity contribution < 1.29 is 9.15 Å². The third-order valence-electron chi connectivity index (χ3n) is 3.79. The number of methoxy groups -OCH3 is 1. The van der Waals surface area contributed by atoms with Gasteiger partial charge >= 0.3 is 0 Å². The summed E-state index contributed by atoms with van der Waals surface area (Å²) >= 11 is 0. The van der Waals surface area contributed by atoms with E-state index in [1.54, 1.807) is 13.4 Å². The highest BCUT2D eigenvalue weighted by Crippen LogP contribution is 2.35. The molecule has 0 fully saturated rings. The second-order valence-electron chi connectivity index (χ2n) is 5.09. The average molecular weight is 273 g/mol. The molecule has 2 aromatic rings. The predicted octanol–water partition coefficient (Wildman–Crippen LogP) is 3.91. The number of rotatable bonds is 5. The van der Waals surface area contributed by atoms with Crippen molar-refractivity contribution in [2.24, 2.45) is 0 Å². The van der Waals surface area contributed by atoms with Crippen LogP contribution in [0.25, 0.3) is 0 Å². The smallest absolute Gasteiger partial charge is 0.128 e. The van der Waals surface area contributed by atoms with Gasteiger partial charge < -0.3 is 14.5 Å². The van der Waals surface area contributed by atoms with Gasteiger partial charge in [-0.1, -0.05) is 19.1 Å². The van der Waals surface area contributed by atoms with Crippen molar-refractivity contribution >= 4 is 0 Å². The molecule has 1 N–H and O–H groups in total. The number of nitrogens with one attached hydrogen (secondary N) is 1. The number of aryl methyl sites for hydroxylation is 2. The molecule has 0 saturated carbocycles. The first-order chi connectivity index (χ1) is 9.60. The van der Waals surface area contributed by atoms with E-state index in [0.717, 1.165) is 29.2 Å². The van der Waals surface area contributed by atoms with Crippen molar-refractivity contribution in [3.63, 3.8) is 0 Å². The molecule has 1 unspecified atom stereocenters. The Bertz CT molecular complexity index is 587. The molecule has 0 radical (unpaired) electrons. The Labute approximate surface area is 121 Å². The summed E-state index contributed by atoms with van der Waals surface area (Å²) in [6.45, 7) is 9.22. The number of furan rings is 1. The molecule has 0 aliphatic heterocycles. The van der Waals surface area contributed by atoms with Gasteiger partial charge in [0, 0.05) is 5.56 Å². The van der Waals surface area contributed by atoms with Crippen molar-refractivity contribution in [3.05, 3.63) is 52.5 Å². The van der Waals surface area contributed by atoms with Crippen LogP contribution in [0.2, 0.25) is 0 Å². The summed E-state index contributed by atoms with van der Waals surface area (Å²) in [5.74, 6) is 1.89. The highest BCUT2D eigenvalue weighted by atomic mass is 16.5. The second kappa shape index (κ2) is 6.14. The molecule has 1 heterocycles. The first kappa shape index (κ1) is 14.7. The van der Waals surface area contributed by atoms with Crippen LogP contribution in [0.5, 0.6) is 5.75 Å². The van der Waals surface area contributed by atoms with Gasteiger partial charge in [0.05, 0.1) is 19.4 Å². The maximum absolute atomic E-state index is 5.68. The molecule has 1 aromatic heterocycles. The monoisotopic (exact) mass is 273 g/mol. The fraction of sp³-hybridized carbons (Fsp3) is 0.412. The van der Waals surface area contributed by atoms with Gasteiger partial charge in [-0.3, -0.25) is 0 Å². The van der Waals surface area contributed by atoms with E-state index in [1.165, 1.54) is 11.1 Å². The van der Waals surface area contributed by atoms with Gasteiger partial charge in [0.25, 0.3) is 0 Å². The maximum atomic E-state index is 5.68. The Kier molecular flexibility index (Phi) is 4.50. The Hall–Kier alpha value is -1.74. The molecule has 0 amide bonds. The third-order valence-corrected chi connectivity index (χ3v) is 3.79. The first-order valence-corrected chi connectivity index (χ1v) is 7.01. The van der Waals surface area contributed by atoms with Gasteiger partial charge in [0.15, 0.2) is 0 Å². The van der Waals surface area contributed by atoms with Crippen LogP contribution >= 0.6 is 0 Å². The van der Waals surface area contributed by atoms with Gasteiger partial charge in [-0.25, -0.2) is 0 Å². The highest BCUT2D eigenvalue weighted by molar-refractivity contribution is 5.49. The summed E-state index contributed by atoms with van der Waals surface area (Å²) in [5, 5.41) is 3.49. The number of benzene rings is 1. The van der Waals surface area contributed by atoms with Crippen LogP contribution in [-0.4, -0.2) is 13.7 Å². The molecular formula is C17H23NO2. The number of ether oxygens (including phenoxy) is 1. The predicted molar refractivity (Wildman–Crippen MR) is 81.4 cm³/mol. The Balaban J connectivity index is 2.56. The quantitative estimate of drug-likeness (QED) is 0.896. The first-order valence-electron chi connectivity index (χ1n) is 7.01. The van der Waals surface area contributed by atoms with Crippen LogP contribution in [-0.2, 0) is 0 Å². The lowest BCUT2D eigenvalue weighted by atomic mass is 9.96. The van der Waals surface area contributed by atoms with Crippen LogP contribution < -0.4 is 10.1 Å². The summed E-state index contributed by atoms with van der Waals surface area (Å²) in [6.07, 6.45) is 1.74. The molecule has 0 aliphatic rings. The van der Waals surface area contributed by atoms with Gasteiger partial charge in [-0.2, -0.15) is 0 Å². The van der Waals surface area contributed by atoms with Crippen LogP contribution in [0.15, 0.2) is 28.9 Å². The molecule has 108 valence electrons. The van der Waals surface area contributed by atoms with E-state index in [2.05, 4.69) is 45.1 Å². The lowest BCUT2D eigenvalue weighted by Gasteiger charge is -2.22. The third kappa shape index (κ3) is 2.59. The van der Waals surface area contributed by atoms with E-state index in [-0.39, 0.29) is 6.04 Å². The molecular weight excluding hydrogens is 250 g/mol. The van der Waals surface area contributed by atoms with E-state index in [1.807, 2.05) is 6.07 Å². The maximum Gasteiger partial charge on any atom is 0.128 e. The zero-order chi connectivity index (χ0) is 14.7. The van der Waals surface area contributed by atoms with Gasteiger partial charge in [0.2, 0.25) is 0 Å². The largest absolute Gasteiger partial charge is 0.496 e. The zero-order valence-corrected chi connectivity index (χ0v) is 12.9. The van der Waals surface area contributed by atoms with Crippen LogP contribution in [0.1, 0.15) is 41.0 Å². The van der Waals surface area contributed by atoms with Crippen molar-refractivity contribution in [3.8, 4) is 5.75 Å². The molecule has 0 spiro atoms. The van der Waals surface area contributed by atoms with E-state index >= 15 is 0 Å². The summed E-state index contributed by atoms with van der Waals surface area (Å²) in [5.41, 5.74) is 4.68. The minimum atomic E-state index is 0.0178. The molecule has 2 rings (SSSR count). The Morgan fingerprint density at radius 3 is 2.45 bits per heavy atom. The molecule has 3 nitrogen and oxygen atoms in total. The zero-order valence-electron chi connectivity index (χ0n) is 12.9. The Morgan fingerprint density at radius 1 is 1.15 bits per heavy atom. The normalized spacial score (nSPS) is 12.4. The van der Waals surface area contributed by atoms with Crippen LogP contribution in [0.3, 0.4) is 0 Å². The van der Waals surface area contributed by atoms with E-state index in [0.29, 0.717) is 0 Å². The standard InChI is InChI=1S/C17H23NO2/c1-6-18-15(16-12(3)9-10-20-16)14-8-7-11(2)13(4)17(14)19-5/h7-10,15,18H,6H2,1-5H3. The second-order valence-corrected chi connectivity index (χ2v) is 5.09. The molecule has 3 heteroatoms. The van der Waals surface area contributed by atoms with Crippen molar-refractivity contribution in [2.45, 2.75) is 33.7 Å². The number of hydrogen-bond acceptors (Lipinski definition) is 3. The fourth-order valence-electron chi connectivity index (χ4n) is 2.54. The van der Waals surface area contributed by atoms with E-state index in [4.69, 9.17) is 9.15 Å². The molecule has 0 saturated heterocycles. The van der Waals surface area contributed by atoms with E-state index < -0.39 is 0 Å². The van der Waals surface area contributed by atoms with E-state index in [9.17, 15) is 0 Å². The minimum Gasteiger partial charge on any atom is -0.496 e. The Morgan fingerprint density at radius 2 is 1.90 bits per heavy atom. The van der Waals surface area contributed by atoms with Gasteiger partial charge in [-0.15, -0.1) is 0 Å². The van der Waals surface area contributed by atoms with Crippen molar-refractivity contribution in [1.82, 2.24) is 5.32 Å². The average Bonchev–Trinajstić information content (AvgIpc) is 2.85. The topological polar surface area (TPSA) is 34.4 Å². The van der Waals surface area contributed by atoms with Gasteiger partial charge in [-0.05, 0) is 50.1 Å². The molecule has 1 atom stereocenters. The fourth-order valence-corrected chi connectivity index (χ4v) is 2.54. The van der Waals surface area contributed by atoms with Crippen LogP contribution in [0.4, 0.5) is 0 Å². The minimum absolute atomic E-state index is 0.0178. The van der Waals surface area contributed by atoms with Crippen molar-refractivity contribution in [2.75, 3.05) is 13.7 Å². The molecule has 1 aromatic carbocycles.